The van der Waals surface area contributed by atoms with Crippen molar-refractivity contribution in [1.82, 2.24) is 15.1 Å². The number of anilines is 2. The highest BCUT2D eigenvalue weighted by Crippen LogP contribution is 2.24. The van der Waals surface area contributed by atoms with E-state index in [9.17, 15) is 18.0 Å². The Morgan fingerprint density at radius 1 is 0.812 bits per heavy atom. The minimum absolute atomic E-state index is 0.168. The lowest BCUT2D eigenvalue weighted by Crippen LogP contribution is -2.49. The Bertz CT molecular complexity index is 907. The average Bonchev–Trinajstić information content (AvgIpc) is 3.08. The zero-order chi connectivity index (χ0) is 22.6. The van der Waals surface area contributed by atoms with Crippen molar-refractivity contribution in [1.29, 1.82) is 0 Å². The Labute approximate surface area is 184 Å². The third kappa shape index (κ3) is 5.60. The molecule has 0 radical (unpaired) electrons. The van der Waals surface area contributed by atoms with Crippen LogP contribution < -0.4 is 14.5 Å². The zero-order valence-corrected chi connectivity index (χ0v) is 17.7. The van der Waals surface area contributed by atoms with Crippen LogP contribution in [0.2, 0.25) is 0 Å². The summed E-state index contributed by atoms with van der Waals surface area (Å²) in [5.41, 5.74) is 0.168. The predicted octanol–water partition coefficient (Wildman–Crippen LogP) is 3.72. The van der Waals surface area contributed by atoms with Gasteiger partial charge < -0.3 is 19.4 Å². The number of rotatable bonds is 4. The van der Waals surface area contributed by atoms with E-state index in [1.807, 2.05) is 12.1 Å². The molecule has 2 aliphatic rings. The van der Waals surface area contributed by atoms with E-state index >= 15 is 0 Å². The average molecular weight is 449 g/mol. The van der Waals surface area contributed by atoms with Gasteiger partial charge in [-0.15, -0.1) is 23.4 Å². The molecule has 2 fully saturated rings. The van der Waals surface area contributed by atoms with Crippen molar-refractivity contribution in [3.8, 4) is 5.75 Å². The van der Waals surface area contributed by atoms with E-state index in [2.05, 4.69) is 24.7 Å². The van der Waals surface area contributed by atoms with Crippen LogP contribution in [0.25, 0.3) is 0 Å². The highest BCUT2D eigenvalue weighted by atomic mass is 19.4. The quantitative estimate of drug-likeness (QED) is 0.709. The summed E-state index contributed by atoms with van der Waals surface area (Å²) in [5.74, 6) is 0.934. The Hall–Kier alpha value is -3.04. The lowest BCUT2D eigenvalue weighted by atomic mass is 10.1. The van der Waals surface area contributed by atoms with Crippen LogP contribution in [0.1, 0.15) is 36.0 Å². The van der Waals surface area contributed by atoms with Gasteiger partial charge in [-0.2, -0.15) is 0 Å². The zero-order valence-electron chi connectivity index (χ0n) is 17.7. The Balaban J connectivity index is 1.34. The van der Waals surface area contributed by atoms with Crippen LogP contribution in [0, 0.1) is 0 Å². The van der Waals surface area contributed by atoms with Crippen molar-refractivity contribution in [3.05, 3.63) is 42.0 Å². The molecule has 10 heteroatoms. The van der Waals surface area contributed by atoms with Gasteiger partial charge in [-0.25, -0.2) is 0 Å². The third-order valence-corrected chi connectivity index (χ3v) is 5.77. The number of hydrogen-bond acceptors (Lipinski definition) is 6. The summed E-state index contributed by atoms with van der Waals surface area (Å²) in [6.45, 7) is 4.04. The molecule has 0 N–H and O–H groups in total. The summed E-state index contributed by atoms with van der Waals surface area (Å²) in [4.78, 5) is 18.7. The number of ether oxygens (including phenoxy) is 1. The van der Waals surface area contributed by atoms with Gasteiger partial charge in [-0.05, 0) is 43.2 Å². The molecule has 32 heavy (non-hydrogen) atoms. The molecule has 0 aliphatic carbocycles. The summed E-state index contributed by atoms with van der Waals surface area (Å²) in [6, 6.07) is 9.13. The van der Waals surface area contributed by atoms with E-state index in [1.54, 1.807) is 4.90 Å². The van der Waals surface area contributed by atoms with Crippen molar-refractivity contribution >= 4 is 17.5 Å². The van der Waals surface area contributed by atoms with Crippen LogP contribution in [-0.4, -0.2) is 66.6 Å². The number of carbonyl (C=O) groups excluding carboxylic acids is 1. The van der Waals surface area contributed by atoms with Gasteiger partial charge in [0.05, 0.1) is 0 Å². The molecule has 1 amide bonds. The number of amides is 1. The van der Waals surface area contributed by atoms with Gasteiger partial charge in [0.1, 0.15) is 5.75 Å². The summed E-state index contributed by atoms with van der Waals surface area (Å²) in [5, 5.41) is 8.80. The van der Waals surface area contributed by atoms with Gasteiger partial charge in [-0.1, -0.05) is 18.9 Å². The number of alkyl halides is 3. The first-order valence-electron chi connectivity index (χ1n) is 10.9. The van der Waals surface area contributed by atoms with Crippen LogP contribution in [-0.2, 0) is 0 Å². The third-order valence-electron chi connectivity index (χ3n) is 5.77. The summed E-state index contributed by atoms with van der Waals surface area (Å²) < 4.78 is 41.3. The molecule has 0 spiro atoms. The number of aromatic nitrogens is 2. The van der Waals surface area contributed by atoms with Crippen LogP contribution in [0.5, 0.6) is 5.75 Å². The van der Waals surface area contributed by atoms with E-state index < -0.39 is 12.1 Å². The van der Waals surface area contributed by atoms with Gasteiger partial charge >= 0.3 is 6.36 Å². The van der Waals surface area contributed by atoms with Gasteiger partial charge in [0.2, 0.25) is 0 Å². The second-order valence-electron chi connectivity index (χ2n) is 8.01. The lowest BCUT2D eigenvalue weighted by molar-refractivity contribution is -0.274. The van der Waals surface area contributed by atoms with E-state index in [4.69, 9.17) is 0 Å². The number of nitrogens with zero attached hydrogens (tertiary/aromatic N) is 5. The molecule has 0 unspecified atom stereocenters. The molecule has 4 rings (SSSR count). The van der Waals surface area contributed by atoms with Gasteiger partial charge in [0.25, 0.3) is 5.91 Å². The van der Waals surface area contributed by atoms with Crippen molar-refractivity contribution in [2.24, 2.45) is 0 Å². The monoisotopic (exact) mass is 449 g/mol. The van der Waals surface area contributed by atoms with Crippen LogP contribution >= 0.6 is 0 Å². The van der Waals surface area contributed by atoms with Gasteiger partial charge in [0, 0.05) is 44.8 Å². The van der Waals surface area contributed by atoms with E-state index in [-0.39, 0.29) is 11.5 Å². The maximum Gasteiger partial charge on any atom is 0.573 e. The van der Waals surface area contributed by atoms with Gasteiger partial charge in [-0.3, -0.25) is 4.79 Å². The normalized spacial score (nSPS) is 17.8. The van der Waals surface area contributed by atoms with Gasteiger partial charge in [0.15, 0.2) is 11.6 Å². The molecule has 0 atom stereocenters. The minimum Gasteiger partial charge on any atom is -0.406 e. The largest absolute Gasteiger partial charge is 0.573 e. The Morgan fingerprint density at radius 3 is 1.97 bits per heavy atom. The standard InChI is InChI=1S/C22H26F3N5O2/c23-22(24,25)32-18-7-5-6-17(16-18)21(31)30-14-12-29(13-15-30)20-9-8-19(26-27-20)28-10-3-1-2-4-11-28/h5-9,16H,1-4,10-15H2. The maximum atomic E-state index is 12.7. The fourth-order valence-corrected chi connectivity index (χ4v) is 4.10. The van der Waals surface area contributed by atoms with Crippen molar-refractivity contribution < 1.29 is 22.7 Å². The minimum atomic E-state index is -4.79. The summed E-state index contributed by atoms with van der Waals surface area (Å²) >= 11 is 0. The highest BCUT2D eigenvalue weighted by Gasteiger charge is 2.31. The first-order valence-corrected chi connectivity index (χ1v) is 10.9. The Morgan fingerprint density at radius 2 is 1.41 bits per heavy atom. The second kappa shape index (κ2) is 9.62. The number of carbonyl (C=O) groups is 1. The van der Waals surface area contributed by atoms with Crippen molar-refractivity contribution in [2.45, 2.75) is 32.0 Å². The molecular weight excluding hydrogens is 423 g/mol. The molecule has 172 valence electrons. The molecule has 2 aliphatic heterocycles. The van der Waals surface area contributed by atoms with Crippen LogP contribution in [0.15, 0.2) is 36.4 Å². The van der Waals surface area contributed by atoms with E-state index in [1.165, 1.54) is 43.9 Å². The van der Waals surface area contributed by atoms with Crippen molar-refractivity contribution in [2.75, 3.05) is 49.1 Å². The molecule has 2 saturated heterocycles. The number of halogens is 3. The first kappa shape index (κ1) is 22.2. The number of hydrogen-bond donors (Lipinski definition) is 0. The fourth-order valence-electron chi connectivity index (χ4n) is 4.10. The first-order chi connectivity index (χ1) is 15.4. The summed E-state index contributed by atoms with van der Waals surface area (Å²) in [6.07, 6.45) is 0.0573. The number of benzene rings is 1. The molecule has 2 aromatic rings. The molecule has 0 saturated carbocycles. The van der Waals surface area contributed by atoms with Crippen LogP contribution in [0.4, 0.5) is 24.8 Å². The predicted molar refractivity (Wildman–Crippen MR) is 114 cm³/mol. The highest BCUT2D eigenvalue weighted by molar-refractivity contribution is 5.94. The molecule has 7 nitrogen and oxygen atoms in total. The SMILES string of the molecule is O=C(c1cccc(OC(F)(F)F)c1)N1CCN(c2ccc(N3CCCCCC3)nn2)CC1. The fraction of sp³-hybridized carbons (Fsp3) is 0.500. The second-order valence-corrected chi connectivity index (χ2v) is 8.01. The van der Waals surface area contributed by atoms with Crippen LogP contribution in [0.3, 0.4) is 0 Å². The van der Waals surface area contributed by atoms with E-state index in [0.29, 0.717) is 26.2 Å². The topological polar surface area (TPSA) is 61.8 Å². The number of piperazine rings is 1. The smallest absolute Gasteiger partial charge is 0.406 e. The lowest BCUT2D eigenvalue weighted by Gasteiger charge is -2.35. The van der Waals surface area contributed by atoms with Crippen molar-refractivity contribution in [3.63, 3.8) is 0 Å². The van der Waals surface area contributed by atoms with E-state index in [0.717, 1.165) is 30.8 Å². The molecule has 1 aromatic heterocycles. The molecule has 1 aromatic carbocycles. The Kier molecular flexibility index (Phi) is 6.66. The molecular formula is C22H26F3N5O2. The molecule has 0 bridgehead atoms. The molecule has 3 heterocycles. The summed E-state index contributed by atoms with van der Waals surface area (Å²) in [7, 11) is 0. The maximum absolute atomic E-state index is 12.7.